The van der Waals surface area contributed by atoms with Crippen LogP contribution in [-0.2, 0) is 14.8 Å². The number of methoxy groups -OCH3 is 2. The molecule has 1 heterocycles. The predicted octanol–water partition coefficient (Wildman–Crippen LogP) is 3.85. The fourth-order valence-corrected chi connectivity index (χ4v) is 5.48. The quantitative estimate of drug-likeness (QED) is 0.534. The third-order valence-electron chi connectivity index (χ3n) is 5.89. The number of anilines is 1. The Morgan fingerprint density at radius 3 is 2.46 bits per heavy atom. The summed E-state index contributed by atoms with van der Waals surface area (Å²) in [5, 5.41) is 2.93. The summed E-state index contributed by atoms with van der Waals surface area (Å²) in [6, 6.07) is 18.4. The summed E-state index contributed by atoms with van der Waals surface area (Å²) in [4.78, 5) is 13.3. The maximum absolute atomic E-state index is 13.6. The Morgan fingerprint density at radius 1 is 1.06 bits per heavy atom. The van der Waals surface area contributed by atoms with Gasteiger partial charge >= 0.3 is 0 Å². The summed E-state index contributed by atoms with van der Waals surface area (Å²) in [7, 11) is -0.896. The van der Waals surface area contributed by atoms with Gasteiger partial charge in [-0.2, -0.15) is 0 Å². The second-order valence-electron chi connectivity index (χ2n) is 8.26. The molecule has 0 bridgehead atoms. The molecule has 1 aliphatic rings. The second kappa shape index (κ2) is 9.87. The molecule has 184 valence electrons. The van der Waals surface area contributed by atoms with Crippen LogP contribution in [0.2, 0.25) is 0 Å². The molecule has 0 aliphatic carbocycles. The fraction of sp³-hybridized carbons (Fsp3) is 0.269. The number of ether oxygens (including phenoxy) is 3. The van der Waals surface area contributed by atoms with Crippen LogP contribution in [0.4, 0.5) is 5.69 Å². The highest BCUT2D eigenvalue weighted by Gasteiger charge is 2.38. The van der Waals surface area contributed by atoms with Gasteiger partial charge in [-0.3, -0.25) is 9.10 Å². The molecule has 8 nitrogen and oxygen atoms in total. The molecule has 1 amide bonds. The number of hydrogen-bond donors (Lipinski definition) is 1. The van der Waals surface area contributed by atoms with Crippen molar-refractivity contribution in [2.24, 2.45) is 0 Å². The molecule has 2 atom stereocenters. The summed E-state index contributed by atoms with van der Waals surface area (Å²) >= 11 is 0. The SMILES string of the molecule is COc1ccc(S(=O)(=O)N2C[C@H](C(=O)N[C@H](C)c3ccccc3OC)Oc3ccc(C)cc32)cc1. The van der Waals surface area contributed by atoms with E-state index in [-0.39, 0.29) is 17.5 Å². The first-order valence-corrected chi connectivity index (χ1v) is 12.6. The molecule has 9 heteroatoms. The Bertz CT molecular complexity index is 1320. The van der Waals surface area contributed by atoms with Crippen LogP contribution in [0.5, 0.6) is 17.2 Å². The Hall–Kier alpha value is -3.72. The number of nitrogens with zero attached hydrogens (tertiary/aromatic N) is 1. The van der Waals surface area contributed by atoms with Crippen molar-refractivity contribution in [3.05, 3.63) is 77.9 Å². The van der Waals surface area contributed by atoms with Crippen LogP contribution in [0.25, 0.3) is 0 Å². The molecular formula is C26H28N2O6S. The van der Waals surface area contributed by atoms with E-state index in [4.69, 9.17) is 14.2 Å². The molecule has 1 N–H and O–H groups in total. The number of benzene rings is 3. The van der Waals surface area contributed by atoms with Crippen LogP contribution >= 0.6 is 0 Å². The number of para-hydroxylation sites is 1. The Labute approximate surface area is 205 Å². The van der Waals surface area contributed by atoms with Crippen molar-refractivity contribution in [1.82, 2.24) is 5.32 Å². The van der Waals surface area contributed by atoms with E-state index >= 15 is 0 Å². The highest BCUT2D eigenvalue weighted by Crippen LogP contribution is 2.38. The third kappa shape index (κ3) is 4.90. The minimum Gasteiger partial charge on any atom is -0.497 e. The number of carbonyl (C=O) groups excluding carboxylic acids is 1. The van der Waals surface area contributed by atoms with E-state index in [1.165, 1.54) is 23.5 Å². The van der Waals surface area contributed by atoms with Gasteiger partial charge in [0.15, 0.2) is 6.10 Å². The normalized spacial score (nSPS) is 16.0. The molecule has 0 aromatic heterocycles. The van der Waals surface area contributed by atoms with Gasteiger partial charge in [0.2, 0.25) is 0 Å². The number of sulfonamides is 1. The van der Waals surface area contributed by atoms with E-state index in [0.29, 0.717) is 22.9 Å². The monoisotopic (exact) mass is 496 g/mol. The zero-order chi connectivity index (χ0) is 25.2. The minimum absolute atomic E-state index is 0.0919. The zero-order valence-electron chi connectivity index (χ0n) is 20.0. The lowest BCUT2D eigenvalue weighted by Crippen LogP contribution is -2.51. The van der Waals surface area contributed by atoms with E-state index in [2.05, 4.69) is 5.32 Å². The molecule has 0 saturated heterocycles. The smallest absolute Gasteiger partial charge is 0.264 e. The van der Waals surface area contributed by atoms with Gasteiger partial charge in [0.1, 0.15) is 17.2 Å². The van der Waals surface area contributed by atoms with Crippen molar-refractivity contribution < 1.29 is 27.4 Å². The highest BCUT2D eigenvalue weighted by molar-refractivity contribution is 7.92. The lowest BCUT2D eigenvalue weighted by Gasteiger charge is -2.35. The summed E-state index contributed by atoms with van der Waals surface area (Å²) in [6.07, 6.45) is -1.05. The maximum Gasteiger partial charge on any atom is 0.264 e. The van der Waals surface area contributed by atoms with Crippen LogP contribution in [-0.4, -0.2) is 41.2 Å². The topological polar surface area (TPSA) is 94.2 Å². The van der Waals surface area contributed by atoms with Crippen molar-refractivity contribution in [3.8, 4) is 17.2 Å². The molecule has 4 rings (SSSR count). The van der Waals surface area contributed by atoms with Gasteiger partial charge in [0.05, 0.1) is 37.4 Å². The van der Waals surface area contributed by atoms with Crippen LogP contribution in [0, 0.1) is 6.92 Å². The summed E-state index contributed by atoms with van der Waals surface area (Å²) < 4.78 is 45.0. The van der Waals surface area contributed by atoms with E-state index in [1.807, 2.05) is 44.2 Å². The van der Waals surface area contributed by atoms with Crippen molar-refractivity contribution in [1.29, 1.82) is 0 Å². The first-order chi connectivity index (χ1) is 16.7. The summed E-state index contributed by atoms with van der Waals surface area (Å²) in [5.74, 6) is 1.09. The number of nitrogens with one attached hydrogen (secondary N) is 1. The molecule has 0 saturated carbocycles. The van der Waals surface area contributed by atoms with Gasteiger partial charge in [0.25, 0.3) is 15.9 Å². The van der Waals surface area contributed by atoms with Crippen molar-refractivity contribution in [3.63, 3.8) is 0 Å². The second-order valence-corrected chi connectivity index (χ2v) is 10.1. The van der Waals surface area contributed by atoms with Crippen molar-refractivity contribution in [2.45, 2.75) is 30.9 Å². The Morgan fingerprint density at radius 2 is 1.77 bits per heavy atom. The molecular weight excluding hydrogens is 468 g/mol. The van der Waals surface area contributed by atoms with Crippen LogP contribution in [0.1, 0.15) is 24.1 Å². The predicted molar refractivity (Wildman–Crippen MR) is 133 cm³/mol. The summed E-state index contributed by atoms with van der Waals surface area (Å²) in [5.41, 5.74) is 2.07. The van der Waals surface area contributed by atoms with Gasteiger partial charge in [-0.25, -0.2) is 8.42 Å². The highest BCUT2D eigenvalue weighted by atomic mass is 32.2. The number of rotatable bonds is 7. The average molecular weight is 497 g/mol. The van der Waals surface area contributed by atoms with Gasteiger partial charge in [-0.05, 0) is 61.9 Å². The minimum atomic E-state index is -3.98. The van der Waals surface area contributed by atoms with Gasteiger partial charge in [-0.15, -0.1) is 0 Å². The molecule has 3 aromatic carbocycles. The van der Waals surface area contributed by atoms with Gasteiger partial charge < -0.3 is 19.5 Å². The fourth-order valence-electron chi connectivity index (χ4n) is 4.01. The van der Waals surface area contributed by atoms with E-state index in [0.717, 1.165) is 11.1 Å². The van der Waals surface area contributed by atoms with Crippen LogP contribution in [0.3, 0.4) is 0 Å². The van der Waals surface area contributed by atoms with Crippen molar-refractivity contribution >= 4 is 21.6 Å². The molecule has 1 aliphatic heterocycles. The maximum atomic E-state index is 13.6. The molecule has 35 heavy (non-hydrogen) atoms. The molecule has 0 spiro atoms. The number of hydrogen-bond acceptors (Lipinski definition) is 6. The summed E-state index contributed by atoms with van der Waals surface area (Å²) in [6.45, 7) is 3.53. The first kappa shape index (κ1) is 24.4. The molecule has 3 aromatic rings. The lowest BCUT2D eigenvalue weighted by molar-refractivity contribution is -0.128. The van der Waals surface area contributed by atoms with Crippen molar-refractivity contribution in [2.75, 3.05) is 25.1 Å². The zero-order valence-corrected chi connectivity index (χ0v) is 20.8. The molecule has 0 unspecified atom stereocenters. The number of aryl methyl sites for hydroxylation is 1. The standard InChI is InChI=1S/C26H28N2O6S/c1-17-9-14-24-22(15-17)28(35(30,31)20-12-10-19(32-3)11-13-20)16-25(34-24)26(29)27-18(2)21-7-5-6-8-23(21)33-4/h5-15,18,25H,16H2,1-4H3,(H,27,29)/t18-,25-/m1/s1. The van der Waals surface area contributed by atoms with E-state index in [9.17, 15) is 13.2 Å². The Balaban J connectivity index is 1.64. The Kier molecular flexibility index (Phi) is 6.88. The van der Waals surface area contributed by atoms with E-state index in [1.54, 1.807) is 31.4 Å². The van der Waals surface area contributed by atoms with Crippen LogP contribution < -0.4 is 23.8 Å². The average Bonchev–Trinajstić information content (AvgIpc) is 2.87. The van der Waals surface area contributed by atoms with Gasteiger partial charge in [-0.1, -0.05) is 24.3 Å². The van der Waals surface area contributed by atoms with E-state index < -0.39 is 22.0 Å². The first-order valence-electron chi connectivity index (χ1n) is 11.1. The number of fused-ring (bicyclic) bond motifs is 1. The number of carbonyl (C=O) groups is 1. The molecule has 0 fully saturated rings. The largest absolute Gasteiger partial charge is 0.497 e. The molecule has 0 radical (unpaired) electrons. The third-order valence-corrected chi connectivity index (χ3v) is 7.68. The van der Waals surface area contributed by atoms with Gasteiger partial charge in [0, 0.05) is 5.56 Å². The van der Waals surface area contributed by atoms with Crippen LogP contribution in [0.15, 0.2) is 71.6 Å². The number of amides is 1. The lowest BCUT2D eigenvalue weighted by atomic mass is 10.1.